The molecule has 0 aromatic carbocycles. The van der Waals surface area contributed by atoms with E-state index in [1.165, 1.54) is 141 Å². The summed E-state index contributed by atoms with van der Waals surface area (Å²) < 4.78 is 10.5. The van der Waals surface area contributed by atoms with Crippen LogP contribution in [-0.2, 0) is 19.1 Å². The first-order chi connectivity index (χ1) is 21.7. The lowest BCUT2D eigenvalue weighted by atomic mass is 10.1. The molecule has 0 atom stereocenters. The number of allylic oxidation sites excluding steroid dienone is 4. The molecule has 0 aliphatic carbocycles. The lowest BCUT2D eigenvalue weighted by molar-refractivity contribution is -0.143. The minimum Gasteiger partial charge on any atom is -0.461 e. The van der Waals surface area contributed by atoms with Crippen molar-refractivity contribution in [3.63, 3.8) is 0 Å². The van der Waals surface area contributed by atoms with Gasteiger partial charge in [-0.25, -0.2) is 0 Å². The zero-order chi connectivity index (χ0) is 32.0. The average Bonchev–Trinajstić information content (AvgIpc) is 3.02. The first-order valence-corrected chi connectivity index (χ1v) is 19.0. The van der Waals surface area contributed by atoms with Gasteiger partial charge in [-0.05, 0) is 76.4 Å². The molecule has 0 saturated carbocycles. The van der Waals surface area contributed by atoms with E-state index in [-0.39, 0.29) is 25.2 Å². The Kier molecular flexibility index (Phi) is 35.8. The van der Waals surface area contributed by atoms with E-state index in [0.717, 1.165) is 25.7 Å². The first kappa shape index (κ1) is 42.2. The fraction of sp³-hybridized carbons (Fsp3) is 0.800. The van der Waals surface area contributed by atoms with E-state index >= 15 is 0 Å². The van der Waals surface area contributed by atoms with Crippen molar-refractivity contribution in [3.8, 4) is 0 Å². The van der Waals surface area contributed by atoms with E-state index in [1.54, 1.807) is 12.2 Å². The molecule has 0 N–H and O–H groups in total. The molecule has 0 amide bonds. The van der Waals surface area contributed by atoms with Gasteiger partial charge < -0.3 is 9.47 Å². The van der Waals surface area contributed by atoms with Gasteiger partial charge in [0, 0.05) is 12.8 Å². The molecule has 0 aromatic heterocycles. The van der Waals surface area contributed by atoms with E-state index in [9.17, 15) is 9.59 Å². The van der Waals surface area contributed by atoms with E-state index in [0.29, 0.717) is 12.8 Å². The molecule has 0 aliphatic heterocycles. The standard InChI is InChI=1S/C40H72O4/c1-3-5-7-9-11-13-15-17-19-21-23-25-27-29-31-35-39(41)43-37-33-34-38-44-40(42)36-32-30-28-26-24-22-20-18-16-14-12-10-8-6-4-2/h17-20,33-34H,3-16,21-32,35-38H2,1-2H3/b19-17-,20-18+,34-33-. The second-order valence-corrected chi connectivity index (χ2v) is 12.5. The fourth-order valence-corrected chi connectivity index (χ4v) is 5.24. The number of unbranched alkanes of at least 4 members (excludes halogenated alkanes) is 22. The van der Waals surface area contributed by atoms with Crippen molar-refractivity contribution >= 4 is 11.9 Å². The molecular formula is C40H72O4. The SMILES string of the molecule is CCCCCCCC/C=C\CCCCCCCC(=O)OC/C=C\COC(=O)CCCCCCC/C=C/CCCCCCCC. The van der Waals surface area contributed by atoms with Gasteiger partial charge in [0.25, 0.3) is 0 Å². The lowest BCUT2D eigenvalue weighted by Gasteiger charge is -2.03. The van der Waals surface area contributed by atoms with Gasteiger partial charge in [0.05, 0.1) is 0 Å². The third-order valence-electron chi connectivity index (χ3n) is 8.13. The maximum Gasteiger partial charge on any atom is 0.306 e. The summed E-state index contributed by atoms with van der Waals surface area (Å²) in [6, 6.07) is 0. The number of hydrogen-bond donors (Lipinski definition) is 0. The molecule has 0 heterocycles. The Labute approximate surface area is 273 Å². The van der Waals surface area contributed by atoms with Crippen LogP contribution in [0.25, 0.3) is 0 Å². The Morgan fingerprint density at radius 1 is 0.364 bits per heavy atom. The van der Waals surface area contributed by atoms with Gasteiger partial charge in [-0.2, -0.15) is 0 Å². The fourth-order valence-electron chi connectivity index (χ4n) is 5.24. The second kappa shape index (κ2) is 37.3. The summed E-state index contributed by atoms with van der Waals surface area (Å²) in [6.45, 7) is 5.02. The molecule has 44 heavy (non-hydrogen) atoms. The van der Waals surface area contributed by atoms with Crippen LogP contribution in [0.3, 0.4) is 0 Å². The molecule has 256 valence electrons. The van der Waals surface area contributed by atoms with Gasteiger partial charge in [-0.1, -0.05) is 141 Å². The van der Waals surface area contributed by atoms with Gasteiger partial charge >= 0.3 is 11.9 Å². The number of rotatable bonds is 34. The van der Waals surface area contributed by atoms with Crippen LogP contribution in [0, 0.1) is 0 Å². The zero-order valence-electron chi connectivity index (χ0n) is 29.3. The second-order valence-electron chi connectivity index (χ2n) is 12.5. The maximum absolute atomic E-state index is 11.9. The quantitative estimate of drug-likeness (QED) is 0.0410. The summed E-state index contributed by atoms with van der Waals surface area (Å²) in [5, 5.41) is 0. The summed E-state index contributed by atoms with van der Waals surface area (Å²) >= 11 is 0. The predicted molar refractivity (Wildman–Crippen MR) is 190 cm³/mol. The van der Waals surface area contributed by atoms with Crippen molar-refractivity contribution in [1.82, 2.24) is 0 Å². The van der Waals surface area contributed by atoms with Crippen molar-refractivity contribution in [1.29, 1.82) is 0 Å². The third kappa shape index (κ3) is 36.4. The van der Waals surface area contributed by atoms with Crippen LogP contribution < -0.4 is 0 Å². The Balaban J connectivity index is 3.39. The lowest BCUT2D eigenvalue weighted by Crippen LogP contribution is -2.05. The molecular weight excluding hydrogens is 544 g/mol. The molecule has 0 saturated heterocycles. The van der Waals surface area contributed by atoms with Crippen LogP contribution in [-0.4, -0.2) is 25.2 Å². The van der Waals surface area contributed by atoms with Gasteiger partial charge in [-0.15, -0.1) is 0 Å². The van der Waals surface area contributed by atoms with Gasteiger partial charge in [0.1, 0.15) is 13.2 Å². The smallest absolute Gasteiger partial charge is 0.306 e. The van der Waals surface area contributed by atoms with E-state index in [4.69, 9.17) is 9.47 Å². The minimum atomic E-state index is -0.145. The Morgan fingerprint density at radius 2 is 0.636 bits per heavy atom. The van der Waals surface area contributed by atoms with Crippen LogP contribution >= 0.6 is 0 Å². The highest BCUT2D eigenvalue weighted by Gasteiger charge is 2.03. The molecule has 0 rings (SSSR count). The van der Waals surface area contributed by atoms with Crippen molar-refractivity contribution < 1.29 is 19.1 Å². The molecule has 0 spiro atoms. The summed E-state index contributed by atoms with van der Waals surface area (Å²) in [6.07, 6.45) is 46.3. The van der Waals surface area contributed by atoms with Gasteiger partial charge in [0.2, 0.25) is 0 Å². The Bertz CT molecular complexity index is 635. The molecule has 0 fully saturated rings. The van der Waals surface area contributed by atoms with Gasteiger partial charge in [0.15, 0.2) is 0 Å². The largest absolute Gasteiger partial charge is 0.461 e. The molecule has 4 heteroatoms. The monoisotopic (exact) mass is 617 g/mol. The van der Waals surface area contributed by atoms with Crippen molar-refractivity contribution in [2.75, 3.05) is 13.2 Å². The highest BCUT2D eigenvalue weighted by molar-refractivity contribution is 5.69. The van der Waals surface area contributed by atoms with Crippen LogP contribution in [0.2, 0.25) is 0 Å². The Morgan fingerprint density at radius 3 is 0.955 bits per heavy atom. The third-order valence-corrected chi connectivity index (χ3v) is 8.13. The maximum atomic E-state index is 11.9. The normalized spacial score (nSPS) is 11.8. The van der Waals surface area contributed by atoms with Crippen molar-refractivity contribution in [2.45, 2.75) is 194 Å². The van der Waals surface area contributed by atoms with Crippen molar-refractivity contribution in [3.05, 3.63) is 36.5 Å². The van der Waals surface area contributed by atoms with Crippen LogP contribution in [0.4, 0.5) is 0 Å². The zero-order valence-corrected chi connectivity index (χ0v) is 29.3. The van der Waals surface area contributed by atoms with Crippen LogP contribution in [0.1, 0.15) is 194 Å². The first-order valence-electron chi connectivity index (χ1n) is 19.0. The molecule has 0 unspecified atom stereocenters. The van der Waals surface area contributed by atoms with E-state index < -0.39 is 0 Å². The summed E-state index contributed by atoms with van der Waals surface area (Å²) in [5.41, 5.74) is 0. The molecule has 0 aromatic rings. The topological polar surface area (TPSA) is 52.6 Å². The molecule has 0 radical (unpaired) electrons. The number of carbonyl (C=O) groups is 2. The number of ether oxygens (including phenoxy) is 2. The van der Waals surface area contributed by atoms with Crippen LogP contribution in [0.15, 0.2) is 36.5 Å². The highest BCUT2D eigenvalue weighted by Crippen LogP contribution is 2.12. The molecule has 0 aliphatic rings. The summed E-state index contributed by atoms with van der Waals surface area (Å²) in [7, 11) is 0. The average molecular weight is 617 g/mol. The van der Waals surface area contributed by atoms with Crippen molar-refractivity contribution in [2.24, 2.45) is 0 Å². The molecule has 0 bridgehead atoms. The van der Waals surface area contributed by atoms with Crippen LogP contribution in [0.5, 0.6) is 0 Å². The number of hydrogen-bond acceptors (Lipinski definition) is 4. The predicted octanol–water partition coefficient (Wildman–Crippen LogP) is 12.7. The van der Waals surface area contributed by atoms with E-state index in [1.807, 2.05) is 0 Å². The minimum absolute atomic E-state index is 0.145. The van der Waals surface area contributed by atoms with Gasteiger partial charge in [-0.3, -0.25) is 9.59 Å². The summed E-state index contributed by atoms with van der Waals surface area (Å²) in [4.78, 5) is 23.8. The summed E-state index contributed by atoms with van der Waals surface area (Å²) in [5.74, 6) is -0.290. The highest BCUT2D eigenvalue weighted by atomic mass is 16.5. The number of esters is 2. The number of carbonyl (C=O) groups excluding carboxylic acids is 2. The Hall–Kier alpha value is -1.84. The molecule has 4 nitrogen and oxygen atoms in total. The van der Waals surface area contributed by atoms with E-state index in [2.05, 4.69) is 38.2 Å².